The number of nitrogens with one attached hydrogen (secondary N) is 1. The van der Waals surface area contributed by atoms with Crippen molar-refractivity contribution in [1.82, 2.24) is 4.90 Å². The van der Waals surface area contributed by atoms with Crippen molar-refractivity contribution < 1.29 is 4.79 Å². The van der Waals surface area contributed by atoms with Gasteiger partial charge in [-0.25, -0.2) is 0 Å². The van der Waals surface area contributed by atoms with Crippen molar-refractivity contribution in [2.75, 3.05) is 31.2 Å². The molecule has 2 atom stereocenters. The van der Waals surface area contributed by atoms with Crippen molar-refractivity contribution in [2.24, 2.45) is 11.7 Å². The Morgan fingerprint density at radius 1 is 1.50 bits per heavy atom. The van der Waals surface area contributed by atoms with Crippen LogP contribution in [0.4, 0.5) is 11.4 Å². The molecule has 1 amide bonds. The van der Waals surface area contributed by atoms with Gasteiger partial charge in [0, 0.05) is 18.3 Å². The fraction of sp³-hybridized carbons (Fsp3) is 0.500. The zero-order valence-electron chi connectivity index (χ0n) is 11.8. The summed E-state index contributed by atoms with van der Waals surface area (Å²) in [6.07, 6.45) is 0.997. The molecule has 0 saturated carbocycles. The second-order valence-corrected chi connectivity index (χ2v) is 5.98. The molecule has 1 heterocycles. The van der Waals surface area contributed by atoms with E-state index in [9.17, 15) is 4.79 Å². The van der Waals surface area contributed by atoms with Gasteiger partial charge < -0.3 is 21.7 Å². The molecule has 6 heteroatoms. The third kappa shape index (κ3) is 3.16. The molecule has 0 spiro atoms. The number of amides is 1. The number of nitrogens with zero attached hydrogens (tertiary/aromatic N) is 1. The molecular formula is C14H21ClN4O. The van der Waals surface area contributed by atoms with Crippen LogP contribution in [0.3, 0.4) is 0 Å². The first kappa shape index (κ1) is 14.9. The highest BCUT2D eigenvalue weighted by molar-refractivity contribution is 6.34. The first-order valence-electron chi connectivity index (χ1n) is 6.72. The summed E-state index contributed by atoms with van der Waals surface area (Å²) in [5, 5.41) is 3.82. The standard InChI is InChI=1S/C14H21ClN4O/c1-8-7-19(2)4-3-12(8)18-13-10(14(17)20)5-9(16)6-11(13)15/h5-6,8,12,18H,3-4,7,16H2,1-2H3,(H2,17,20). The minimum atomic E-state index is -0.526. The van der Waals surface area contributed by atoms with Crippen LogP contribution < -0.4 is 16.8 Å². The fourth-order valence-corrected chi connectivity index (χ4v) is 3.00. The second-order valence-electron chi connectivity index (χ2n) is 5.57. The highest BCUT2D eigenvalue weighted by Crippen LogP contribution is 2.31. The Morgan fingerprint density at radius 2 is 2.20 bits per heavy atom. The highest BCUT2D eigenvalue weighted by Gasteiger charge is 2.26. The molecule has 2 rings (SSSR count). The van der Waals surface area contributed by atoms with E-state index in [-0.39, 0.29) is 6.04 Å². The Balaban J connectivity index is 2.27. The van der Waals surface area contributed by atoms with Gasteiger partial charge in [0.25, 0.3) is 5.91 Å². The zero-order chi connectivity index (χ0) is 14.9. The lowest BCUT2D eigenvalue weighted by molar-refractivity contribution is 0.100. The van der Waals surface area contributed by atoms with E-state index < -0.39 is 5.91 Å². The number of rotatable bonds is 3. The van der Waals surface area contributed by atoms with Crippen LogP contribution in [0.2, 0.25) is 5.02 Å². The Labute approximate surface area is 124 Å². The molecular weight excluding hydrogens is 276 g/mol. The number of anilines is 2. The molecule has 0 aromatic heterocycles. The van der Waals surface area contributed by atoms with Crippen molar-refractivity contribution in [3.05, 3.63) is 22.7 Å². The lowest BCUT2D eigenvalue weighted by atomic mass is 9.93. The minimum Gasteiger partial charge on any atom is -0.399 e. The molecule has 1 aromatic rings. The summed E-state index contributed by atoms with van der Waals surface area (Å²) in [5.74, 6) is -0.0645. The van der Waals surface area contributed by atoms with E-state index in [1.807, 2.05) is 0 Å². The van der Waals surface area contributed by atoms with Crippen LogP contribution in [0.1, 0.15) is 23.7 Å². The van der Waals surface area contributed by atoms with Crippen LogP contribution in [0.5, 0.6) is 0 Å². The molecule has 0 bridgehead atoms. The van der Waals surface area contributed by atoms with E-state index in [0.717, 1.165) is 19.5 Å². The largest absolute Gasteiger partial charge is 0.399 e. The van der Waals surface area contributed by atoms with E-state index in [1.54, 1.807) is 12.1 Å². The number of nitrogen functional groups attached to an aromatic ring is 1. The van der Waals surface area contributed by atoms with Crippen molar-refractivity contribution in [1.29, 1.82) is 0 Å². The molecule has 20 heavy (non-hydrogen) atoms. The molecule has 1 aliphatic heterocycles. The average molecular weight is 297 g/mol. The molecule has 0 aliphatic carbocycles. The monoisotopic (exact) mass is 296 g/mol. The summed E-state index contributed by atoms with van der Waals surface area (Å²) in [4.78, 5) is 13.9. The van der Waals surface area contributed by atoms with Crippen LogP contribution in [0.25, 0.3) is 0 Å². The van der Waals surface area contributed by atoms with Crippen molar-refractivity contribution >= 4 is 28.9 Å². The summed E-state index contributed by atoms with van der Waals surface area (Å²) in [7, 11) is 2.11. The van der Waals surface area contributed by atoms with Gasteiger partial charge in [0.1, 0.15) is 0 Å². The fourth-order valence-electron chi connectivity index (χ4n) is 2.72. The molecule has 1 aromatic carbocycles. The molecule has 1 aliphatic rings. The smallest absolute Gasteiger partial charge is 0.250 e. The van der Waals surface area contributed by atoms with Gasteiger partial charge in [0.15, 0.2) is 0 Å². The maximum atomic E-state index is 11.6. The number of benzene rings is 1. The number of likely N-dealkylation sites (tertiary alicyclic amines) is 1. The number of hydrogen-bond acceptors (Lipinski definition) is 4. The first-order valence-corrected chi connectivity index (χ1v) is 7.10. The van der Waals surface area contributed by atoms with Crippen LogP contribution in [-0.4, -0.2) is 37.0 Å². The Morgan fingerprint density at radius 3 is 2.80 bits per heavy atom. The molecule has 2 unspecified atom stereocenters. The molecule has 5 N–H and O–H groups in total. The van der Waals surface area contributed by atoms with Gasteiger partial charge in [-0.3, -0.25) is 4.79 Å². The van der Waals surface area contributed by atoms with Crippen LogP contribution in [-0.2, 0) is 0 Å². The SMILES string of the molecule is CC1CN(C)CCC1Nc1c(Cl)cc(N)cc1C(N)=O. The summed E-state index contributed by atoms with van der Waals surface area (Å²) >= 11 is 6.21. The maximum absolute atomic E-state index is 11.6. The number of piperidine rings is 1. The molecule has 1 saturated heterocycles. The number of carbonyl (C=O) groups is 1. The predicted molar refractivity (Wildman–Crippen MR) is 83.1 cm³/mol. The summed E-state index contributed by atoms with van der Waals surface area (Å²) in [6.45, 7) is 4.21. The number of carbonyl (C=O) groups excluding carboxylic acids is 1. The number of nitrogens with two attached hydrogens (primary N) is 2. The third-order valence-electron chi connectivity index (χ3n) is 3.82. The summed E-state index contributed by atoms with van der Waals surface area (Å²) in [6, 6.07) is 3.47. The van der Waals surface area contributed by atoms with Crippen molar-refractivity contribution in [2.45, 2.75) is 19.4 Å². The lowest BCUT2D eigenvalue weighted by Gasteiger charge is -2.36. The van der Waals surface area contributed by atoms with Gasteiger partial charge >= 0.3 is 0 Å². The van der Waals surface area contributed by atoms with E-state index >= 15 is 0 Å². The minimum absolute atomic E-state index is 0.269. The Hall–Kier alpha value is -1.46. The Kier molecular flexibility index (Phi) is 4.40. The lowest BCUT2D eigenvalue weighted by Crippen LogP contribution is -2.43. The van der Waals surface area contributed by atoms with Gasteiger partial charge in [0.2, 0.25) is 0 Å². The van der Waals surface area contributed by atoms with Gasteiger partial charge in [-0.05, 0) is 38.1 Å². The average Bonchev–Trinajstić information content (AvgIpc) is 2.34. The van der Waals surface area contributed by atoms with Crippen molar-refractivity contribution in [3.63, 3.8) is 0 Å². The zero-order valence-corrected chi connectivity index (χ0v) is 12.6. The van der Waals surface area contributed by atoms with Crippen molar-refractivity contribution in [3.8, 4) is 0 Å². The molecule has 1 fully saturated rings. The number of halogens is 1. The molecule has 0 radical (unpaired) electrons. The number of hydrogen-bond donors (Lipinski definition) is 3. The topological polar surface area (TPSA) is 84.4 Å². The van der Waals surface area contributed by atoms with Crippen LogP contribution in [0, 0.1) is 5.92 Å². The summed E-state index contributed by atoms with van der Waals surface area (Å²) in [5.41, 5.74) is 12.5. The van der Waals surface area contributed by atoms with E-state index in [1.165, 1.54) is 0 Å². The quantitative estimate of drug-likeness (QED) is 0.742. The highest BCUT2D eigenvalue weighted by atomic mass is 35.5. The normalized spacial score (nSPS) is 23.6. The van der Waals surface area contributed by atoms with Gasteiger partial charge in [-0.15, -0.1) is 0 Å². The molecule has 110 valence electrons. The van der Waals surface area contributed by atoms with Crippen LogP contribution in [0.15, 0.2) is 12.1 Å². The maximum Gasteiger partial charge on any atom is 0.250 e. The molecule has 5 nitrogen and oxygen atoms in total. The van der Waals surface area contributed by atoms with Gasteiger partial charge in [-0.2, -0.15) is 0 Å². The first-order chi connectivity index (χ1) is 9.38. The van der Waals surface area contributed by atoms with E-state index in [0.29, 0.717) is 27.9 Å². The third-order valence-corrected chi connectivity index (χ3v) is 4.11. The van der Waals surface area contributed by atoms with Crippen LogP contribution >= 0.6 is 11.6 Å². The number of primary amides is 1. The second kappa shape index (κ2) is 5.89. The van der Waals surface area contributed by atoms with Gasteiger partial charge in [-0.1, -0.05) is 18.5 Å². The van der Waals surface area contributed by atoms with E-state index in [2.05, 4.69) is 24.2 Å². The Bertz CT molecular complexity index is 520. The predicted octanol–water partition coefficient (Wildman–Crippen LogP) is 1.77. The van der Waals surface area contributed by atoms with E-state index in [4.69, 9.17) is 23.1 Å². The summed E-state index contributed by atoms with van der Waals surface area (Å²) < 4.78 is 0. The van der Waals surface area contributed by atoms with Gasteiger partial charge in [0.05, 0.1) is 16.3 Å².